The van der Waals surface area contributed by atoms with Crippen LogP contribution < -0.4 is 10.6 Å². The van der Waals surface area contributed by atoms with Crippen LogP contribution in [0.3, 0.4) is 0 Å². The fourth-order valence-electron chi connectivity index (χ4n) is 4.29. The summed E-state index contributed by atoms with van der Waals surface area (Å²) in [6.07, 6.45) is -0.143. The van der Waals surface area contributed by atoms with Gasteiger partial charge in [0, 0.05) is 12.0 Å². The molecule has 10 nitrogen and oxygen atoms in total. The molecular weight excluding hydrogens is 550 g/mol. The Morgan fingerprint density at radius 3 is 1.91 bits per heavy atom. The smallest absolute Gasteiger partial charge is 0.408 e. The van der Waals surface area contributed by atoms with Gasteiger partial charge in [-0.05, 0) is 85.1 Å². The van der Waals surface area contributed by atoms with Crippen molar-refractivity contribution in [2.45, 2.75) is 104 Å². The van der Waals surface area contributed by atoms with Gasteiger partial charge in [0.15, 0.2) is 0 Å². The van der Waals surface area contributed by atoms with Crippen molar-refractivity contribution in [2.75, 3.05) is 6.54 Å². The summed E-state index contributed by atoms with van der Waals surface area (Å²) < 4.78 is 10.9. The van der Waals surface area contributed by atoms with Crippen molar-refractivity contribution in [1.29, 1.82) is 0 Å². The minimum Gasteiger partial charge on any atom is -0.508 e. The summed E-state index contributed by atoms with van der Waals surface area (Å²) in [5.41, 5.74) is -1.22. The maximum absolute atomic E-state index is 14.2. The zero-order valence-electron chi connectivity index (χ0n) is 26.8. The second-order valence-electron chi connectivity index (χ2n) is 13.1. The van der Waals surface area contributed by atoms with E-state index < -0.39 is 59.2 Å². The molecule has 2 unspecified atom stereocenters. The molecular formula is C33H47N3O7. The van der Waals surface area contributed by atoms with Crippen LogP contribution in [0.4, 0.5) is 4.79 Å². The van der Waals surface area contributed by atoms with Gasteiger partial charge in [-0.2, -0.15) is 0 Å². The summed E-state index contributed by atoms with van der Waals surface area (Å²) >= 11 is 0. The predicted molar refractivity (Wildman–Crippen MR) is 164 cm³/mol. The van der Waals surface area contributed by atoms with E-state index in [9.17, 15) is 24.3 Å². The van der Waals surface area contributed by atoms with Gasteiger partial charge in [0.05, 0.1) is 0 Å². The van der Waals surface area contributed by atoms with Gasteiger partial charge < -0.3 is 30.1 Å². The van der Waals surface area contributed by atoms with E-state index in [0.717, 1.165) is 5.56 Å². The Kier molecular flexibility index (Phi) is 11.8. The molecule has 0 saturated carbocycles. The zero-order valence-corrected chi connectivity index (χ0v) is 26.8. The number of benzene rings is 2. The maximum Gasteiger partial charge on any atom is 0.408 e. The number of ether oxygens (including phenoxy) is 2. The summed E-state index contributed by atoms with van der Waals surface area (Å²) in [4.78, 5) is 55.2. The zero-order chi connectivity index (χ0) is 32.6. The Morgan fingerprint density at radius 1 is 0.837 bits per heavy atom. The molecule has 0 saturated heterocycles. The van der Waals surface area contributed by atoms with E-state index >= 15 is 0 Å². The van der Waals surface area contributed by atoms with Crippen LogP contribution in [-0.4, -0.2) is 63.2 Å². The molecule has 0 radical (unpaired) electrons. The van der Waals surface area contributed by atoms with E-state index in [1.54, 1.807) is 53.7 Å². The first kappa shape index (κ1) is 35.1. The molecule has 43 heavy (non-hydrogen) atoms. The number of carbonyl (C=O) groups is 4. The topological polar surface area (TPSA) is 134 Å². The number of alkyl carbamates (subject to hydrolysis) is 1. The van der Waals surface area contributed by atoms with Crippen molar-refractivity contribution in [2.24, 2.45) is 0 Å². The lowest BCUT2D eigenvalue weighted by Gasteiger charge is -2.43. The second-order valence-corrected chi connectivity index (χ2v) is 13.1. The number of carbonyl (C=O) groups excluding carboxylic acids is 4. The Labute approximate surface area is 255 Å². The number of nitrogens with one attached hydrogen (secondary N) is 2. The number of aromatic hydroxyl groups is 1. The Bertz CT molecular complexity index is 1250. The monoisotopic (exact) mass is 597 g/mol. The second kappa shape index (κ2) is 14.4. The lowest BCUT2D eigenvalue weighted by Crippen LogP contribution is -2.57. The van der Waals surface area contributed by atoms with E-state index in [1.807, 2.05) is 51.1 Å². The van der Waals surface area contributed by atoms with Crippen molar-refractivity contribution in [3.8, 4) is 5.75 Å². The van der Waals surface area contributed by atoms with Gasteiger partial charge in [0.25, 0.3) is 0 Å². The fourth-order valence-corrected chi connectivity index (χ4v) is 4.29. The number of phenols is 1. The van der Waals surface area contributed by atoms with Crippen molar-refractivity contribution in [3.05, 3.63) is 65.7 Å². The molecule has 0 aliphatic rings. The highest BCUT2D eigenvalue weighted by atomic mass is 16.6. The molecule has 236 valence electrons. The number of rotatable bonds is 11. The predicted octanol–water partition coefficient (Wildman–Crippen LogP) is 5.04. The first-order chi connectivity index (χ1) is 19.8. The van der Waals surface area contributed by atoms with E-state index in [2.05, 4.69) is 10.6 Å². The van der Waals surface area contributed by atoms with Crippen LogP contribution in [0.1, 0.15) is 85.9 Å². The molecule has 10 heteroatoms. The molecule has 0 aromatic heterocycles. The van der Waals surface area contributed by atoms with Crippen molar-refractivity contribution >= 4 is 23.9 Å². The van der Waals surface area contributed by atoms with Crippen LogP contribution in [-0.2, 0) is 30.3 Å². The molecule has 2 aromatic carbocycles. The van der Waals surface area contributed by atoms with Gasteiger partial charge >= 0.3 is 12.1 Å². The van der Waals surface area contributed by atoms with Crippen LogP contribution in [0.15, 0.2) is 54.6 Å². The van der Waals surface area contributed by atoms with Crippen LogP contribution in [0.2, 0.25) is 0 Å². The molecule has 0 bridgehead atoms. The molecule has 3 amide bonds. The summed E-state index contributed by atoms with van der Waals surface area (Å²) in [6, 6.07) is 12.9. The van der Waals surface area contributed by atoms with Gasteiger partial charge in [-0.3, -0.25) is 9.59 Å². The molecule has 2 atom stereocenters. The quantitative estimate of drug-likeness (QED) is 0.309. The van der Waals surface area contributed by atoms with Crippen LogP contribution in [0.5, 0.6) is 5.75 Å². The lowest BCUT2D eigenvalue weighted by molar-refractivity contribution is -0.159. The van der Waals surface area contributed by atoms with E-state index in [4.69, 9.17) is 9.47 Å². The number of nitrogens with zero attached hydrogens (tertiary/aromatic N) is 1. The molecule has 0 heterocycles. The largest absolute Gasteiger partial charge is 0.508 e. The minimum absolute atomic E-state index is 0.0159. The number of amides is 3. The highest BCUT2D eigenvalue weighted by Crippen LogP contribution is 2.32. The molecule has 0 fully saturated rings. The molecule has 2 aromatic rings. The molecule has 0 aliphatic heterocycles. The van der Waals surface area contributed by atoms with Crippen molar-refractivity contribution < 1.29 is 33.8 Å². The van der Waals surface area contributed by atoms with Gasteiger partial charge in [-0.25, -0.2) is 9.59 Å². The fraction of sp³-hybridized carbons (Fsp3) is 0.515. The normalized spacial score (nSPS) is 13.3. The minimum atomic E-state index is -1.22. The van der Waals surface area contributed by atoms with Crippen LogP contribution >= 0.6 is 0 Å². The number of hydrogen-bond donors (Lipinski definition) is 3. The molecule has 2 rings (SSSR count). The SMILES string of the molecule is CCC(C)(C)N(C(=O)CNC(=O)OC(C)(C)C)C(C(=O)NC(Cc1ccccc1)C(=O)OC(C)(C)C)c1ccc(O)cc1. The summed E-state index contributed by atoms with van der Waals surface area (Å²) in [7, 11) is 0. The maximum atomic E-state index is 14.2. The highest BCUT2D eigenvalue weighted by Gasteiger charge is 2.41. The lowest BCUT2D eigenvalue weighted by atomic mass is 9.92. The van der Waals surface area contributed by atoms with E-state index in [0.29, 0.717) is 12.0 Å². The summed E-state index contributed by atoms with van der Waals surface area (Å²) in [5.74, 6) is -1.79. The van der Waals surface area contributed by atoms with Crippen molar-refractivity contribution in [1.82, 2.24) is 15.5 Å². The average molecular weight is 598 g/mol. The van der Waals surface area contributed by atoms with Crippen LogP contribution in [0.25, 0.3) is 0 Å². The Hall–Kier alpha value is -4.08. The third-order valence-electron chi connectivity index (χ3n) is 6.57. The van der Waals surface area contributed by atoms with Gasteiger partial charge in [0.1, 0.15) is 35.6 Å². The number of esters is 1. The first-order valence-electron chi connectivity index (χ1n) is 14.5. The van der Waals surface area contributed by atoms with Crippen molar-refractivity contribution in [3.63, 3.8) is 0 Å². The number of phenolic OH excluding ortho intramolecular Hbond substituents is 1. The highest BCUT2D eigenvalue weighted by molar-refractivity contribution is 5.93. The average Bonchev–Trinajstić information content (AvgIpc) is 2.89. The molecule has 0 aliphatic carbocycles. The van der Waals surface area contributed by atoms with Crippen LogP contribution in [0, 0.1) is 0 Å². The first-order valence-corrected chi connectivity index (χ1v) is 14.5. The summed E-state index contributed by atoms with van der Waals surface area (Å²) in [6.45, 7) is 15.4. The van der Waals surface area contributed by atoms with Gasteiger partial charge in [0.2, 0.25) is 11.8 Å². The Morgan fingerprint density at radius 2 is 1.40 bits per heavy atom. The standard InChI is InChI=1S/C33H47N3O7/c1-10-33(8,9)36(26(38)21-34-30(41)43-32(5,6)7)27(23-16-18-24(37)19-17-23)28(39)35-25(29(40)42-31(2,3)4)20-22-14-12-11-13-15-22/h11-19,25,27,37H,10,20-21H2,1-9H3,(H,34,41)(H,35,39). The molecule has 3 N–H and O–H groups in total. The van der Waals surface area contributed by atoms with E-state index in [-0.39, 0.29) is 12.2 Å². The third kappa shape index (κ3) is 11.3. The van der Waals surface area contributed by atoms with Gasteiger partial charge in [-0.15, -0.1) is 0 Å². The van der Waals surface area contributed by atoms with Gasteiger partial charge in [-0.1, -0.05) is 49.4 Å². The Balaban J connectivity index is 2.54. The van der Waals surface area contributed by atoms with E-state index in [1.165, 1.54) is 17.0 Å². The summed E-state index contributed by atoms with van der Waals surface area (Å²) in [5, 5.41) is 15.3. The third-order valence-corrected chi connectivity index (χ3v) is 6.57. The molecule has 0 spiro atoms. The number of hydrogen-bond acceptors (Lipinski definition) is 7.